The fourth-order valence-corrected chi connectivity index (χ4v) is 5.15. The fourth-order valence-electron chi connectivity index (χ4n) is 3.72. The number of halogens is 1. The van der Waals surface area contributed by atoms with E-state index in [2.05, 4.69) is 16.7 Å². The molecule has 0 unspecified atom stereocenters. The summed E-state index contributed by atoms with van der Waals surface area (Å²) in [6, 6.07) is 14.9. The molecule has 0 fully saturated rings. The van der Waals surface area contributed by atoms with Gasteiger partial charge >= 0.3 is 0 Å². The highest BCUT2D eigenvalue weighted by atomic mass is 32.2. The quantitative estimate of drug-likeness (QED) is 0.633. The third-order valence-electron chi connectivity index (χ3n) is 5.20. The van der Waals surface area contributed by atoms with Gasteiger partial charge in [0, 0.05) is 24.8 Å². The van der Waals surface area contributed by atoms with Crippen molar-refractivity contribution in [3.8, 4) is 11.3 Å². The number of aromatic nitrogens is 1. The molecule has 0 amide bonds. The zero-order chi connectivity index (χ0) is 21.1. The maximum Gasteiger partial charge on any atom is 0.268 e. The van der Waals surface area contributed by atoms with Crippen LogP contribution < -0.4 is 10.6 Å². The molecule has 0 aliphatic carbocycles. The summed E-state index contributed by atoms with van der Waals surface area (Å²) in [4.78, 5) is 0.184. The molecule has 0 saturated carbocycles. The number of nitrogens with one attached hydrogen (secondary N) is 2. The first-order valence-corrected chi connectivity index (χ1v) is 11.3. The lowest BCUT2D eigenvalue weighted by Gasteiger charge is -2.16. The summed E-state index contributed by atoms with van der Waals surface area (Å²) in [5.41, 5.74) is 3.35. The van der Waals surface area contributed by atoms with E-state index in [1.807, 2.05) is 6.07 Å². The van der Waals surface area contributed by atoms with Crippen molar-refractivity contribution in [1.82, 2.24) is 14.6 Å². The van der Waals surface area contributed by atoms with Crippen LogP contribution in [0.5, 0.6) is 0 Å². The van der Waals surface area contributed by atoms with Crippen LogP contribution in [-0.2, 0) is 16.6 Å². The molecule has 3 aromatic rings. The topological polar surface area (TPSA) is 63.1 Å². The van der Waals surface area contributed by atoms with Crippen molar-refractivity contribution < 1.29 is 12.8 Å². The molecule has 2 aromatic carbocycles. The second kappa shape index (κ2) is 8.55. The van der Waals surface area contributed by atoms with Gasteiger partial charge in [0.15, 0.2) is 0 Å². The van der Waals surface area contributed by atoms with Gasteiger partial charge in [-0.1, -0.05) is 30.3 Å². The molecule has 2 heterocycles. The van der Waals surface area contributed by atoms with Crippen LogP contribution in [0.4, 0.5) is 4.39 Å². The van der Waals surface area contributed by atoms with Crippen molar-refractivity contribution in [2.75, 3.05) is 20.1 Å². The second-order valence-electron chi connectivity index (χ2n) is 7.26. The first-order chi connectivity index (χ1) is 14.5. The van der Waals surface area contributed by atoms with E-state index in [1.165, 1.54) is 10.0 Å². The molecular weight excluding hydrogens is 401 g/mol. The third kappa shape index (κ3) is 3.96. The van der Waals surface area contributed by atoms with Crippen LogP contribution in [0, 0.1) is 5.82 Å². The first-order valence-electron chi connectivity index (χ1n) is 9.87. The summed E-state index contributed by atoms with van der Waals surface area (Å²) >= 11 is 0. The number of benzene rings is 2. The van der Waals surface area contributed by atoms with E-state index in [9.17, 15) is 12.8 Å². The van der Waals surface area contributed by atoms with Gasteiger partial charge in [0.05, 0.1) is 10.6 Å². The Morgan fingerprint density at radius 3 is 2.70 bits per heavy atom. The maximum atomic E-state index is 14.5. The molecule has 7 heteroatoms. The predicted molar refractivity (Wildman–Crippen MR) is 117 cm³/mol. The van der Waals surface area contributed by atoms with Crippen LogP contribution in [0.3, 0.4) is 0 Å². The number of rotatable bonds is 6. The minimum absolute atomic E-state index is 0.184. The summed E-state index contributed by atoms with van der Waals surface area (Å²) in [7, 11) is -2.13. The molecule has 0 saturated heterocycles. The monoisotopic (exact) mass is 425 g/mol. The van der Waals surface area contributed by atoms with Gasteiger partial charge in [-0.2, -0.15) is 0 Å². The van der Waals surface area contributed by atoms with Gasteiger partial charge in [-0.05, 0) is 67.0 Å². The van der Waals surface area contributed by atoms with Crippen molar-refractivity contribution in [1.29, 1.82) is 0 Å². The molecule has 4 rings (SSSR count). The summed E-state index contributed by atoms with van der Waals surface area (Å²) in [6.45, 7) is 2.11. The Labute approximate surface area is 176 Å². The standard InChI is InChI=1S/C23H24FN3O2S/c1-25-15-17-13-23(21-7-2-3-8-22(21)24)27(16-17)30(28,29)20-6-4-5-19(14-20)18-9-11-26-12-10-18/h2-9,13-14,16,25-26H,10-12,15H2,1H3. The molecule has 5 nitrogen and oxygen atoms in total. The first kappa shape index (κ1) is 20.5. The van der Waals surface area contributed by atoms with Crippen LogP contribution in [0.15, 0.2) is 71.8 Å². The fraction of sp³-hybridized carbons (Fsp3) is 0.217. The molecule has 1 aromatic heterocycles. The van der Waals surface area contributed by atoms with Gasteiger partial charge < -0.3 is 10.6 Å². The van der Waals surface area contributed by atoms with Gasteiger partial charge in [0.1, 0.15) is 5.82 Å². The smallest absolute Gasteiger partial charge is 0.268 e. The summed E-state index contributed by atoms with van der Waals surface area (Å²) in [5, 5.41) is 6.28. The Kier molecular flexibility index (Phi) is 5.85. The van der Waals surface area contributed by atoms with Crippen LogP contribution >= 0.6 is 0 Å². The molecule has 2 N–H and O–H groups in total. The minimum Gasteiger partial charge on any atom is -0.316 e. The Balaban J connectivity index is 1.83. The molecule has 0 atom stereocenters. The Morgan fingerprint density at radius 2 is 1.97 bits per heavy atom. The molecule has 0 spiro atoms. The molecule has 1 aliphatic heterocycles. The van der Waals surface area contributed by atoms with Gasteiger partial charge in [-0.15, -0.1) is 0 Å². The molecule has 30 heavy (non-hydrogen) atoms. The SMILES string of the molecule is CNCc1cc(-c2ccccc2F)n(S(=O)(=O)c2cccc(C3=CCNCC3)c2)c1. The lowest BCUT2D eigenvalue weighted by molar-refractivity contribution is 0.587. The van der Waals surface area contributed by atoms with Gasteiger partial charge in [-0.3, -0.25) is 0 Å². The zero-order valence-electron chi connectivity index (χ0n) is 16.7. The summed E-state index contributed by atoms with van der Waals surface area (Å²) < 4.78 is 42.9. The van der Waals surface area contributed by atoms with E-state index in [-0.39, 0.29) is 10.5 Å². The van der Waals surface area contributed by atoms with Gasteiger partial charge in [0.25, 0.3) is 10.0 Å². The maximum absolute atomic E-state index is 14.5. The second-order valence-corrected chi connectivity index (χ2v) is 9.07. The van der Waals surface area contributed by atoms with Crippen molar-refractivity contribution in [2.45, 2.75) is 17.9 Å². The lowest BCUT2D eigenvalue weighted by atomic mass is 10.0. The van der Waals surface area contributed by atoms with Crippen LogP contribution in [-0.4, -0.2) is 32.5 Å². The van der Waals surface area contributed by atoms with Crippen molar-refractivity contribution in [3.63, 3.8) is 0 Å². The Morgan fingerprint density at radius 1 is 1.13 bits per heavy atom. The summed E-state index contributed by atoms with van der Waals surface area (Å²) in [5.74, 6) is -0.461. The van der Waals surface area contributed by atoms with E-state index < -0.39 is 15.8 Å². The van der Waals surface area contributed by atoms with E-state index in [4.69, 9.17) is 0 Å². The highest BCUT2D eigenvalue weighted by Crippen LogP contribution is 2.30. The largest absolute Gasteiger partial charge is 0.316 e. The zero-order valence-corrected chi connectivity index (χ0v) is 17.5. The Bertz CT molecular complexity index is 1200. The number of nitrogens with zero attached hydrogens (tertiary/aromatic N) is 1. The van der Waals surface area contributed by atoms with Crippen LogP contribution in [0.1, 0.15) is 17.5 Å². The molecule has 156 valence electrons. The highest BCUT2D eigenvalue weighted by molar-refractivity contribution is 7.90. The average Bonchev–Trinajstić information content (AvgIpc) is 3.20. The number of hydrogen-bond acceptors (Lipinski definition) is 4. The average molecular weight is 426 g/mol. The van der Waals surface area contributed by atoms with Gasteiger partial charge in [0.2, 0.25) is 0 Å². The summed E-state index contributed by atoms with van der Waals surface area (Å²) in [6.07, 6.45) is 4.49. The van der Waals surface area contributed by atoms with Crippen LogP contribution in [0.2, 0.25) is 0 Å². The molecular formula is C23H24FN3O2S. The van der Waals surface area contributed by atoms with E-state index >= 15 is 0 Å². The van der Waals surface area contributed by atoms with E-state index in [0.717, 1.165) is 36.2 Å². The molecule has 1 aliphatic rings. The number of hydrogen-bond donors (Lipinski definition) is 2. The van der Waals surface area contributed by atoms with Crippen molar-refractivity contribution >= 4 is 15.6 Å². The van der Waals surface area contributed by atoms with Crippen molar-refractivity contribution in [3.05, 3.63) is 83.8 Å². The van der Waals surface area contributed by atoms with E-state index in [1.54, 1.807) is 55.7 Å². The van der Waals surface area contributed by atoms with Crippen LogP contribution in [0.25, 0.3) is 16.8 Å². The Hall–Kier alpha value is -2.74. The molecule has 0 bridgehead atoms. The highest BCUT2D eigenvalue weighted by Gasteiger charge is 2.24. The normalized spacial score (nSPS) is 14.5. The van der Waals surface area contributed by atoms with Gasteiger partial charge in [-0.25, -0.2) is 16.8 Å². The molecule has 0 radical (unpaired) electrons. The van der Waals surface area contributed by atoms with E-state index in [0.29, 0.717) is 12.2 Å². The predicted octanol–water partition coefficient (Wildman–Crippen LogP) is 3.63. The lowest BCUT2D eigenvalue weighted by Crippen LogP contribution is -2.20. The minimum atomic E-state index is -3.91. The third-order valence-corrected chi connectivity index (χ3v) is 6.87. The van der Waals surface area contributed by atoms with Crippen molar-refractivity contribution in [2.24, 2.45) is 0 Å².